The highest BCUT2D eigenvalue weighted by Gasteiger charge is 2.13. The molecule has 1 N–H and O–H groups in total. The summed E-state index contributed by atoms with van der Waals surface area (Å²) in [6, 6.07) is 3.66. The Morgan fingerprint density at radius 3 is 2.86 bits per heavy atom. The van der Waals surface area contributed by atoms with Gasteiger partial charge in [0.15, 0.2) is 0 Å². The van der Waals surface area contributed by atoms with Crippen molar-refractivity contribution in [2.75, 3.05) is 7.05 Å². The van der Waals surface area contributed by atoms with Crippen LogP contribution in [-0.4, -0.2) is 43.9 Å². The normalized spacial score (nSPS) is 10.6. The number of likely N-dealkylation sites (N-methyl/N-ethyl adjacent to an activating group) is 1. The van der Waals surface area contributed by atoms with Gasteiger partial charge in [-0.3, -0.25) is 9.59 Å². The summed E-state index contributed by atoms with van der Waals surface area (Å²) >= 11 is 7.26. The largest absolute Gasteiger partial charge is 0.481 e. The fraction of sp³-hybridized carbons (Fsp3) is 0.333. The molecule has 2 rings (SSSR count). The molecule has 0 spiro atoms. The van der Waals surface area contributed by atoms with E-state index < -0.39 is 5.97 Å². The van der Waals surface area contributed by atoms with Crippen molar-refractivity contribution in [1.29, 1.82) is 0 Å². The van der Waals surface area contributed by atoms with E-state index in [9.17, 15) is 9.59 Å². The number of aliphatic carboxylic acids is 1. The third-order valence-corrected chi connectivity index (χ3v) is 3.88. The van der Waals surface area contributed by atoms with E-state index >= 15 is 0 Å². The minimum atomic E-state index is -0.986. The van der Waals surface area contributed by atoms with E-state index in [1.54, 1.807) is 18.0 Å². The number of nitrogens with zero attached hydrogens (tertiary/aromatic N) is 4. The van der Waals surface area contributed by atoms with Gasteiger partial charge in [0, 0.05) is 18.1 Å². The predicted molar refractivity (Wildman–Crippen MR) is 77.2 cm³/mol. The first-order valence-corrected chi connectivity index (χ1v) is 7.22. The number of rotatable bonds is 6. The number of hydrogen-bond acceptors (Lipinski definition) is 5. The van der Waals surface area contributed by atoms with Crippen LogP contribution in [0.1, 0.15) is 10.6 Å². The highest BCUT2D eigenvalue weighted by atomic mass is 35.5. The summed E-state index contributed by atoms with van der Waals surface area (Å²) in [6.07, 6.45) is 1.25. The molecule has 0 aliphatic rings. The third kappa shape index (κ3) is 4.54. The van der Waals surface area contributed by atoms with Gasteiger partial charge < -0.3 is 10.0 Å². The number of carbonyl (C=O) groups excluding carboxylic acids is 1. The smallest absolute Gasteiger partial charge is 0.309 e. The molecule has 0 atom stereocenters. The van der Waals surface area contributed by atoms with Crippen molar-refractivity contribution >= 4 is 34.8 Å². The molecule has 0 aliphatic heterocycles. The number of hydrogen-bond donors (Lipinski definition) is 1. The summed E-state index contributed by atoms with van der Waals surface area (Å²) < 4.78 is 2.01. The zero-order valence-electron chi connectivity index (χ0n) is 11.2. The van der Waals surface area contributed by atoms with Crippen molar-refractivity contribution in [3.8, 4) is 0 Å². The Morgan fingerprint density at radius 1 is 1.48 bits per heavy atom. The van der Waals surface area contributed by atoms with Gasteiger partial charge >= 0.3 is 5.97 Å². The molecular formula is C12H13ClN4O3S. The van der Waals surface area contributed by atoms with Crippen molar-refractivity contribution in [2.24, 2.45) is 0 Å². The summed E-state index contributed by atoms with van der Waals surface area (Å²) in [5.74, 6) is -1.13. The predicted octanol–water partition coefficient (Wildman–Crippen LogP) is 1.28. The van der Waals surface area contributed by atoms with E-state index in [0.29, 0.717) is 16.6 Å². The third-order valence-electron chi connectivity index (χ3n) is 2.66. The highest BCUT2D eigenvalue weighted by Crippen LogP contribution is 2.22. The van der Waals surface area contributed by atoms with Crippen LogP contribution in [0, 0.1) is 0 Å². The molecule has 0 aromatic carbocycles. The lowest BCUT2D eigenvalue weighted by Crippen LogP contribution is -2.29. The molecule has 0 radical (unpaired) electrons. The monoisotopic (exact) mass is 328 g/mol. The molecule has 2 heterocycles. The Labute approximate surface area is 129 Å². The lowest BCUT2D eigenvalue weighted by Gasteiger charge is -2.15. The molecule has 0 bridgehead atoms. The fourth-order valence-electron chi connectivity index (χ4n) is 1.67. The number of thiophene rings is 1. The molecule has 0 saturated carbocycles. The van der Waals surface area contributed by atoms with Gasteiger partial charge in [0.05, 0.1) is 23.0 Å². The van der Waals surface area contributed by atoms with Crippen LogP contribution in [-0.2, 0) is 29.1 Å². The quantitative estimate of drug-likeness (QED) is 0.863. The first kappa shape index (κ1) is 15.5. The second-order valence-electron chi connectivity index (χ2n) is 4.43. The number of carbonyl (C=O) groups is 2. The summed E-state index contributed by atoms with van der Waals surface area (Å²) in [5.41, 5.74) is 0.322. The minimum absolute atomic E-state index is 0.0161. The Morgan fingerprint density at radius 2 is 2.24 bits per heavy atom. The molecule has 1 amide bonds. The molecule has 2 aromatic heterocycles. The van der Waals surface area contributed by atoms with Crippen LogP contribution < -0.4 is 0 Å². The van der Waals surface area contributed by atoms with Crippen LogP contribution in [0.4, 0.5) is 0 Å². The van der Waals surface area contributed by atoms with Gasteiger partial charge in [-0.1, -0.05) is 16.8 Å². The Hall–Kier alpha value is -1.93. The molecule has 112 valence electrons. The van der Waals surface area contributed by atoms with Crippen molar-refractivity contribution in [3.63, 3.8) is 0 Å². The van der Waals surface area contributed by atoms with Gasteiger partial charge in [0.1, 0.15) is 6.54 Å². The van der Waals surface area contributed by atoms with Crippen molar-refractivity contribution < 1.29 is 14.7 Å². The molecule has 0 unspecified atom stereocenters. The summed E-state index contributed by atoms with van der Waals surface area (Å²) in [6.45, 7) is 0.481. The Bertz CT molecular complexity index is 654. The average molecular weight is 329 g/mol. The molecule has 0 fully saturated rings. The Balaban J connectivity index is 1.91. The molecular weight excluding hydrogens is 316 g/mol. The summed E-state index contributed by atoms with van der Waals surface area (Å²) in [5, 5.41) is 16.1. The van der Waals surface area contributed by atoms with E-state index in [-0.39, 0.29) is 18.9 Å². The van der Waals surface area contributed by atoms with E-state index in [4.69, 9.17) is 16.7 Å². The van der Waals surface area contributed by atoms with Gasteiger partial charge in [-0.2, -0.15) is 0 Å². The lowest BCUT2D eigenvalue weighted by atomic mass is 10.3. The van der Waals surface area contributed by atoms with Crippen molar-refractivity contribution in [2.45, 2.75) is 19.5 Å². The van der Waals surface area contributed by atoms with Gasteiger partial charge in [-0.15, -0.1) is 16.4 Å². The molecule has 0 saturated heterocycles. The van der Waals surface area contributed by atoms with E-state index in [2.05, 4.69) is 10.3 Å². The summed E-state index contributed by atoms with van der Waals surface area (Å²) in [4.78, 5) is 25.1. The second-order valence-corrected chi connectivity index (χ2v) is 6.23. The van der Waals surface area contributed by atoms with E-state index in [0.717, 1.165) is 4.88 Å². The maximum Gasteiger partial charge on any atom is 0.309 e. The first-order chi connectivity index (χ1) is 9.94. The lowest BCUT2D eigenvalue weighted by molar-refractivity contribution is -0.136. The zero-order chi connectivity index (χ0) is 15.4. The molecule has 7 nitrogen and oxygen atoms in total. The van der Waals surface area contributed by atoms with E-state index in [1.165, 1.54) is 22.2 Å². The van der Waals surface area contributed by atoms with Crippen molar-refractivity contribution in [3.05, 3.63) is 33.2 Å². The molecule has 21 heavy (non-hydrogen) atoms. The first-order valence-electron chi connectivity index (χ1n) is 6.03. The van der Waals surface area contributed by atoms with Crippen LogP contribution in [0.25, 0.3) is 0 Å². The number of amides is 1. The van der Waals surface area contributed by atoms with Crippen LogP contribution in [0.15, 0.2) is 18.3 Å². The topological polar surface area (TPSA) is 88.3 Å². The van der Waals surface area contributed by atoms with Crippen LogP contribution in [0.5, 0.6) is 0 Å². The van der Waals surface area contributed by atoms with Crippen LogP contribution in [0.2, 0.25) is 4.34 Å². The fourth-order valence-corrected chi connectivity index (χ4v) is 2.81. The maximum atomic E-state index is 12.0. The molecule has 0 aliphatic carbocycles. The van der Waals surface area contributed by atoms with Gasteiger partial charge in [0.25, 0.3) is 0 Å². The average Bonchev–Trinajstić information content (AvgIpc) is 2.98. The number of carboxylic acids is 1. The molecule has 9 heteroatoms. The van der Waals surface area contributed by atoms with Crippen LogP contribution >= 0.6 is 22.9 Å². The van der Waals surface area contributed by atoms with Crippen molar-refractivity contribution in [1.82, 2.24) is 19.9 Å². The number of halogens is 1. The molecule has 2 aromatic rings. The van der Waals surface area contributed by atoms with Crippen LogP contribution in [0.3, 0.4) is 0 Å². The summed E-state index contributed by atoms with van der Waals surface area (Å²) in [7, 11) is 1.69. The van der Waals surface area contributed by atoms with E-state index in [1.807, 2.05) is 6.07 Å². The minimum Gasteiger partial charge on any atom is -0.481 e. The highest BCUT2D eigenvalue weighted by molar-refractivity contribution is 7.16. The standard InChI is InChI=1S/C12H13ClN4O3S/c1-16(6-9-2-3-10(13)21-9)11(18)7-17-5-8(14-15-17)4-12(19)20/h2-3,5H,4,6-7H2,1H3,(H,19,20). The maximum absolute atomic E-state index is 12.0. The second kappa shape index (κ2) is 6.68. The zero-order valence-corrected chi connectivity index (χ0v) is 12.8. The van der Waals surface area contributed by atoms with Gasteiger partial charge in [0.2, 0.25) is 5.91 Å². The van der Waals surface area contributed by atoms with Gasteiger partial charge in [-0.25, -0.2) is 4.68 Å². The number of carboxylic acid groups (broad SMARTS) is 1. The number of aromatic nitrogens is 3. The Kier molecular flexibility index (Phi) is 4.92. The SMILES string of the molecule is CN(Cc1ccc(Cl)s1)C(=O)Cn1cc(CC(=O)O)nn1. The van der Waals surface area contributed by atoms with Gasteiger partial charge in [-0.05, 0) is 12.1 Å².